The van der Waals surface area contributed by atoms with Crippen molar-refractivity contribution in [1.82, 2.24) is 0 Å². The number of carbonyl (C=O) groups excluding carboxylic acids is 1. The fourth-order valence-electron chi connectivity index (χ4n) is 2.22. The molecule has 0 radical (unpaired) electrons. The van der Waals surface area contributed by atoms with Gasteiger partial charge >= 0.3 is 0 Å². The number of benzene rings is 2. The zero-order chi connectivity index (χ0) is 14.0. The first-order valence-electron chi connectivity index (χ1n) is 6.44. The normalized spacial score (nSPS) is 10.5. The molecule has 0 unspecified atom stereocenters. The SMILES string of the molecule is CCc1ccccc1C(=O)c1cc(C)c(Br)cc1C. The van der Waals surface area contributed by atoms with Gasteiger partial charge in [0.2, 0.25) is 0 Å². The Hall–Kier alpha value is -1.41. The van der Waals surface area contributed by atoms with Crippen LogP contribution in [-0.4, -0.2) is 5.78 Å². The monoisotopic (exact) mass is 316 g/mol. The van der Waals surface area contributed by atoms with E-state index in [1.165, 1.54) is 0 Å². The van der Waals surface area contributed by atoms with Crippen molar-refractivity contribution >= 4 is 21.7 Å². The van der Waals surface area contributed by atoms with E-state index in [0.717, 1.165) is 38.7 Å². The van der Waals surface area contributed by atoms with Crippen molar-refractivity contribution in [1.29, 1.82) is 0 Å². The molecule has 2 aromatic rings. The smallest absolute Gasteiger partial charge is 0.193 e. The van der Waals surface area contributed by atoms with Crippen molar-refractivity contribution in [2.45, 2.75) is 27.2 Å². The molecule has 0 atom stereocenters. The summed E-state index contributed by atoms with van der Waals surface area (Å²) >= 11 is 3.50. The van der Waals surface area contributed by atoms with E-state index in [9.17, 15) is 4.79 Å². The molecule has 0 spiro atoms. The highest BCUT2D eigenvalue weighted by Crippen LogP contribution is 2.24. The second-order valence-electron chi connectivity index (χ2n) is 4.76. The standard InChI is InChI=1S/C17H17BrO/c1-4-13-7-5-6-8-14(13)17(19)15-9-12(3)16(18)10-11(15)2/h5-10H,4H2,1-3H3. The molecule has 0 saturated heterocycles. The van der Waals surface area contributed by atoms with Gasteiger partial charge in [-0.25, -0.2) is 0 Å². The van der Waals surface area contributed by atoms with Crippen LogP contribution in [0, 0.1) is 13.8 Å². The maximum atomic E-state index is 12.7. The van der Waals surface area contributed by atoms with Gasteiger partial charge in [-0.1, -0.05) is 47.1 Å². The van der Waals surface area contributed by atoms with Crippen LogP contribution < -0.4 is 0 Å². The first-order valence-corrected chi connectivity index (χ1v) is 7.23. The summed E-state index contributed by atoms with van der Waals surface area (Å²) in [6.45, 7) is 6.06. The molecule has 19 heavy (non-hydrogen) atoms. The van der Waals surface area contributed by atoms with E-state index in [1.807, 2.05) is 50.2 Å². The van der Waals surface area contributed by atoms with Gasteiger partial charge in [-0.3, -0.25) is 4.79 Å². The fraction of sp³-hybridized carbons (Fsp3) is 0.235. The average Bonchev–Trinajstić information content (AvgIpc) is 2.42. The first kappa shape index (κ1) is 14.0. The lowest BCUT2D eigenvalue weighted by molar-refractivity contribution is 0.103. The molecule has 1 nitrogen and oxygen atoms in total. The summed E-state index contributed by atoms with van der Waals surface area (Å²) in [7, 11) is 0. The van der Waals surface area contributed by atoms with Crippen LogP contribution in [0.25, 0.3) is 0 Å². The van der Waals surface area contributed by atoms with Crippen molar-refractivity contribution in [3.63, 3.8) is 0 Å². The number of hydrogen-bond donors (Lipinski definition) is 0. The highest BCUT2D eigenvalue weighted by molar-refractivity contribution is 9.10. The van der Waals surface area contributed by atoms with E-state index in [4.69, 9.17) is 0 Å². The maximum Gasteiger partial charge on any atom is 0.193 e. The molecular formula is C17H17BrO. The van der Waals surface area contributed by atoms with Gasteiger partial charge in [0.1, 0.15) is 0 Å². The van der Waals surface area contributed by atoms with Gasteiger partial charge in [0, 0.05) is 15.6 Å². The number of carbonyl (C=O) groups is 1. The second kappa shape index (κ2) is 5.70. The molecule has 2 heteroatoms. The second-order valence-corrected chi connectivity index (χ2v) is 5.61. The molecule has 0 heterocycles. The summed E-state index contributed by atoms with van der Waals surface area (Å²) in [5, 5.41) is 0. The molecule has 0 aliphatic carbocycles. The Labute approximate surface area is 122 Å². The molecule has 0 aromatic heterocycles. The summed E-state index contributed by atoms with van der Waals surface area (Å²) in [5.74, 6) is 0.116. The Morgan fingerprint density at radius 1 is 1.05 bits per heavy atom. The Bertz CT molecular complexity index is 629. The first-order chi connectivity index (χ1) is 9.04. The maximum absolute atomic E-state index is 12.7. The molecule has 0 aliphatic rings. The van der Waals surface area contributed by atoms with Crippen LogP contribution in [0.4, 0.5) is 0 Å². The van der Waals surface area contributed by atoms with Gasteiger partial charge < -0.3 is 0 Å². The predicted octanol–water partition coefficient (Wildman–Crippen LogP) is 4.86. The van der Waals surface area contributed by atoms with E-state index in [0.29, 0.717) is 0 Å². The van der Waals surface area contributed by atoms with Crippen molar-refractivity contribution in [3.05, 3.63) is 68.7 Å². The van der Waals surface area contributed by atoms with E-state index >= 15 is 0 Å². The molecular weight excluding hydrogens is 300 g/mol. The van der Waals surface area contributed by atoms with Gasteiger partial charge in [0.15, 0.2) is 5.78 Å². The summed E-state index contributed by atoms with van der Waals surface area (Å²) < 4.78 is 1.05. The third-order valence-electron chi connectivity index (χ3n) is 3.39. The minimum absolute atomic E-state index is 0.116. The van der Waals surface area contributed by atoms with E-state index in [-0.39, 0.29) is 5.78 Å². The number of hydrogen-bond acceptors (Lipinski definition) is 1. The minimum atomic E-state index is 0.116. The molecule has 2 rings (SSSR count). The van der Waals surface area contributed by atoms with E-state index in [2.05, 4.69) is 22.9 Å². The van der Waals surface area contributed by atoms with Gasteiger partial charge in [0.05, 0.1) is 0 Å². The number of ketones is 1. The zero-order valence-electron chi connectivity index (χ0n) is 11.5. The molecule has 0 amide bonds. The predicted molar refractivity (Wildman–Crippen MR) is 82.9 cm³/mol. The van der Waals surface area contributed by atoms with E-state index in [1.54, 1.807) is 0 Å². The summed E-state index contributed by atoms with van der Waals surface area (Å²) in [4.78, 5) is 12.7. The van der Waals surface area contributed by atoms with Crippen LogP contribution in [0.1, 0.15) is 39.5 Å². The molecule has 0 N–H and O–H groups in total. The molecule has 0 aliphatic heterocycles. The van der Waals surface area contributed by atoms with Gasteiger partial charge in [-0.15, -0.1) is 0 Å². The Kier molecular flexibility index (Phi) is 4.20. The van der Waals surface area contributed by atoms with Crippen molar-refractivity contribution < 1.29 is 4.79 Å². The third-order valence-corrected chi connectivity index (χ3v) is 4.25. The molecule has 0 saturated carbocycles. The third kappa shape index (κ3) is 2.79. The van der Waals surface area contributed by atoms with Crippen LogP contribution in [0.2, 0.25) is 0 Å². The Morgan fingerprint density at radius 3 is 2.42 bits per heavy atom. The van der Waals surface area contributed by atoms with Gasteiger partial charge in [-0.05, 0) is 49.1 Å². The van der Waals surface area contributed by atoms with Crippen LogP contribution >= 0.6 is 15.9 Å². The summed E-state index contributed by atoms with van der Waals surface area (Å²) in [6.07, 6.45) is 0.871. The van der Waals surface area contributed by atoms with Crippen LogP contribution in [-0.2, 0) is 6.42 Å². The van der Waals surface area contributed by atoms with Crippen LogP contribution in [0.15, 0.2) is 40.9 Å². The highest BCUT2D eigenvalue weighted by atomic mass is 79.9. The number of halogens is 1. The number of rotatable bonds is 3. The van der Waals surface area contributed by atoms with Gasteiger partial charge in [-0.2, -0.15) is 0 Å². The Balaban J connectivity index is 2.53. The fourth-order valence-corrected chi connectivity index (χ4v) is 2.68. The molecule has 98 valence electrons. The quantitative estimate of drug-likeness (QED) is 0.739. The average molecular weight is 317 g/mol. The minimum Gasteiger partial charge on any atom is -0.289 e. The summed E-state index contributed by atoms with van der Waals surface area (Å²) in [5.41, 5.74) is 4.81. The van der Waals surface area contributed by atoms with Crippen LogP contribution in [0.5, 0.6) is 0 Å². The molecule has 0 fully saturated rings. The topological polar surface area (TPSA) is 17.1 Å². The number of aryl methyl sites for hydroxylation is 3. The lowest BCUT2D eigenvalue weighted by Crippen LogP contribution is -2.07. The lowest BCUT2D eigenvalue weighted by atomic mass is 9.93. The van der Waals surface area contributed by atoms with Crippen molar-refractivity contribution in [2.75, 3.05) is 0 Å². The summed E-state index contributed by atoms with van der Waals surface area (Å²) in [6, 6.07) is 11.8. The van der Waals surface area contributed by atoms with Crippen molar-refractivity contribution in [3.8, 4) is 0 Å². The van der Waals surface area contributed by atoms with E-state index < -0.39 is 0 Å². The van der Waals surface area contributed by atoms with Crippen molar-refractivity contribution in [2.24, 2.45) is 0 Å². The lowest BCUT2D eigenvalue weighted by Gasteiger charge is -2.11. The van der Waals surface area contributed by atoms with Gasteiger partial charge in [0.25, 0.3) is 0 Å². The molecule has 0 bridgehead atoms. The Morgan fingerprint density at radius 2 is 1.74 bits per heavy atom. The zero-order valence-corrected chi connectivity index (χ0v) is 13.0. The highest BCUT2D eigenvalue weighted by Gasteiger charge is 2.15. The van der Waals surface area contributed by atoms with Crippen LogP contribution in [0.3, 0.4) is 0 Å². The largest absolute Gasteiger partial charge is 0.289 e. The molecule has 2 aromatic carbocycles.